The summed E-state index contributed by atoms with van der Waals surface area (Å²) in [6, 6.07) is 0. The first-order valence-electron chi connectivity index (χ1n) is 8.24. The van der Waals surface area contributed by atoms with Gasteiger partial charge in [-0.25, -0.2) is 0 Å². The van der Waals surface area contributed by atoms with Gasteiger partial charge in [-0.3, -0.25) is 9.59 Å². The van der Waals surface area contributed by atoms with E-state index in [1.165, 1.54) is 0 Å². The summed E-state index contributed by atoms with van der Waals surface area (Å²) in [5.74, 6) is -0.379. The maximum Gasteiger partial charge on any atom is 0.143 e. The number of rotatable bonds is 0. The number of Topliss-reactive ketones (excluding diaryl/α,β-unsaturated/α-hetero) is 2. The molecule has 8 atom stereocenters. The van der Waals surface area contributed by atoms with Crippen LogP contribution >= 0.6 is 0 Å². The molecular weight excluding hydrogens is 280 g/mol. The molecule has 1 spiro atoms. The van der Waals surface area contributed by atoms with E-state index in [2.05, 4.69) is 0 Å². The Kier molecular flexibility index (Phi) is 2.62. The van der Waals surface area contributed by atoms with Crippen LogP contribution in [0.5, 0.6) is 0 Å². The number of carbonyl (C=O) groups is 2. The van der Waals surface area contributed by atoms with Gasteiger partial charge < -0.3 is 16.6 Å². The monoisotopic (exact) mass is 304 g/mol. The maximum atomic E-state index is 13.2. The number of carbonyl (C=O) groups excluding carboxylic acids is 2. The predicted molar refractivity (Wildman–Crippen MR) is 80.3 cm³/mol. The lowest BCUT2D eigenvalue weighted by Gasteiger charge is -2.46. The second-order valence-electron chi connectivity index (χ2n) is 8.12. The van der Waals surface area contributed by atoms with Gasteiger partial charge >= 0.3 is 0 Å². The third kappa shape index (κ3) is 1.42. The van der Waals surface area contributed by atoms with Gasteiger partial charge in [0.1, 0.15) is 11.6 Å². The lowest BCUT2D eigenvalue weighted by Crippen LogP contribution is -2.55. The summed E-state index contributed by atoms with van der Waals surface area (Å²) in [7, 11) is 0. The van der Waals surface area contributed by atoms with E-state index in [0.717, 1.165) is 6.42 Å². The highest BCUT2D eigenvalue weighted by Gasteiger charge is 2.74. The van der Waals surface area contributed by atoms with Crippen molar-refractivity contribution in [3.05, 3.63) is 11.8 Å². The molecule has 4 rings (SSSR count). The number of ketones is 2. The molecule has 0 heterocycles. The van der Waals surface area contributed by atoms with Gasteiger partial charge in [-0.2, -0.15) is 0 Å². The van der Waals surface area contributed by atoms with E-state index in [4.69, 9.17) is 11.5 Å². The molecule has 0 aromatic heterocycles. The van der Waals surface area contributed by atoms with Crippen LogP contribution in [-0.4, -0.2) is 28.3 Å². The van der Waals surface area contributed by atoms with Crippen molar-refractivity contribution in [3.8, 4) is 0 Å². The third-order valence-electron chi connectivity index (χ3n) is 7.06. The van der Waals surface area contributed by atoms with Crippen molar-refractivity contribution in [2.24, 2.45) is 46.5 Å². The zero-order valence-corrected chi connectivity index (χ0v) is 13.1. The Morgan fingerprint density at radius 1 is 1.32 bits per heavy atom. The molecule has 3 saturated carbocycles. The fraction of sp³-hybridized carbons (Fsp3) is 0.765. The van der Waals surface area contributed by atoms with Crippen molar-refractivity contribution >= 4 is 11.6 Å². The number of hydrogen-bond donors (Lipinski definition) is 3. The number of fused-ring (bicyclic) bond motifs is 2. The third-order valence-corrected chi connectivity index (χ3v) is 7.06. The molecule has 3 fully saturated rings. The molecule has 4 aliphatic rings. The molecule has 0 radical (unpaired) electrons. The molecule has 1 unspecified atom stereocenters. The van der Waals surface area contributed by atoms with Gasteiger partial charge in [-0.15, -0.1) is 0 Å². The molecule has 5 heteroatoms. The van der Waals surface area contributed by atoms with Crippen LogP contribution in [-0.2, 0) is 9.59 Å². The highest BCUT2D eigenvalue weighted by Crippen LogP contribution is 2.68. The second-order valence-corrected chi connectivity index (χ2v) is 8.12. The van der Waals surface area contributed by atoms with Crippen molar-refractivity contribution in [1.29, 1.82) is 0 Å². The Morgan fingerprint density at radius 2 is 2.00 bits per heavy atom. The van der Waals surface area contributed by atoms with Crippen molar-refractivity contribution in [3.63, 3.8) is 0 Å². The molecule has 0 aliphatic heterocycles. The van der Waals surface area contributed by atoms with Crippen LogP contribution in [0, 0.1) is 35.0 Å². The quantitative estimate of drug-likeness (QED) is 0.599. The zero-order chi connectivity index (χ0) is 16.0. The molecule has 5 nitrogen and oxygen atoms in total. The normalized spacial score (nSPS) is 56.6. The van der Waals surface area contributed by atoms with Crippen LogP contribution in [0.15, 0.2) is 11.8 Å². The molecule has 0 aromatic carbocycles. The van der Waals surface area contributed by atoms with Crippen LogP contribution in [0.3, 0.4) is 0 Å². The minimum Gasteiger partial charge on any atom is -0.400 e. The largest absolute Gasteiger partial charge is 0.400 e. The van der Waals surface area contributed by atoms with Gasteiger partial charge in [0, 0.05) is 34.9 Å². The fourth-order valence-electron chi connectivity index (χ4n) is 5.93. The summed E-state index contributed by atoms with van der Waals surface area (Å²) in [6.07, 6.45) is 2.47. The molecule has 5 N–H and O–H groups in total. The number of aliphatic hydroxyl groups is 1. The van der Waals surface area contributed by atoms with Gasteiger partial charge in [0.15, 0.2) is 0 Å². The lowest BCUT2D eigenvalue weighted by atomic mass is 9.57. The Balaban J connectivity index is 1.93. The van der Waals surface area contributed by atoms with Gasteiger partial charge in [-0.1, -0.05) is 13.0 Å². The lowest BCUT2D eigenvalue weighted by molar-refractivity contribution is -0.144. The van der Waals surface area contributed by atoms with Crippen LogP contribution in [0.2, 0.25) is 0 Å². The number of nitrogens with two attached hydrogens (primary N) is 2. The molecule has 120 valence electrons. The van der Waals surface area contributed by atoms with Gasteiger partial charge in [0.25, 0.3) is 0 Å². The standard InChI is InChI=1S/C17H24N2O3/c1-7-5-9-12(16(9,2)19)13-14(21)10(18)6-8-11(20)3-4-17(8,13)15(7)22/h6-9,12-14,21H,3-5,18-19H2,1-2H3/t7-,8?,9-,12-,13-,14+,16-,17+/m1/s1. The average molecular weight is 304 g/mol. The zero-order valence-electron chi connectivity index (χ0n) is 13.1. The second kappa shape index (κ2) is 4.01. The summed E-state index contributed by atoms with van der Waals surface area (Å²) < 4.78 is 0. The molecular formula is C17H24N2O3. The number of hydrogen-bond acceptors (Lipinski definition) is 5. The SMILES string of the molecule is C[C@@H]1C[C@@H]2[C@H]([C@@H]3[C@@H](O)C(N)=CC4C(=O)CC[C@]43C1=O)[C@]2(C)N. The fourth-order valence-corrected chi connectivity index (χ4v) is 5.93. The number of allylic oxidation sites excluding steroid dienone is 1. The van der Waals surface area contributed by atoms with Gasteiger partial charge in [0.2, 0.25) is 0 Å². The highest BCUT2D eigenvalue weighted by atomic mass is 16.3. The van der Waals surface area contributed by atoms with E-state index in [9.17, 15) is 14.7 Å². The van der Waals surface area contributed by atoms with Gasteiger partial charge in [0.05, 0.1) is 12.0 Å². The van der Waals surface area contributed by atoms with E-state index >= 15 is 0 Å². The van der Waals surface area contributed by atoms with E-state index < -0.39 is 17.4 Å². The predicted octanol–water partition coefficient (Wildman–Crippen LogP) is 0.358. The molecule has 0 aromatic rings. The molecule has 0 saturated heterocycles. The van der Waals surface area contributed by atoms with Crippen LogP contribution in [0.1, 0.15) is 33.1 Å². The Labute approximate surface area is 130 Å². The van der Waals surface area contributed by atoms with Crippen LogP contribution in [0.4, 0.5) is 0 Å². The van der Waals surface area contributed by atoms with Crippen LogP contribution < -0.4 is 11.5 Å². The van der Waals surface area contributed by atoms with Crippen LogP contribution in [0.25, 0.3) is 0 Å². The summed E-state index contributed by atoms with van der Waals surface area (Å²) in [5.41, 5.74) is 11.6. The van der Waals surface area contributed by atoms with E-state index in [-0.39, 0.29) is 40.8 Å². The van der Waals surface area contributed by atoms with Crippen molar-refractivity contribution in [2.75, 3.05) is 0 Å². The van der Waals surface area contributed by atoms with E-state index in [1.807, 2.05) is 13.8 Å². The highest BCUT2D eigenvalue weighted by molar-refractivity contribution is 5.99. The Bertz CT molecular complexity index is 611. The minimum absolute atomic E-state index is 0.0667. The summed E-state index contributed by atoms with van der Waals surface area (Å²) in [5, 5.41) is 10.7. The summed E-state index contributed by atoms with van der Waals surface area (Å²) in [4.78, 5) is 25.6. The minimum atomic E-state index is -0.866. The van der Waals surface area contributed by atoms with E-state index in [1.54, 1.807) is 6.08 Å². The average Bonchev–Trinajstić information content (AvgIpc) is 2.84. The van der Waals surface area contributed by atoms with Crippen molar-refractivity contribution in [2.45, 2.75) is 44.8 Å². The Hall–Kier alpha value is -1.20. The van der Waals surface area contributed by atoms with Crippen molar-refractivity contribution < 1.29 is 14.7 Å². The summed E-state index contributed by atoms with van der Waals surface area (Å²) in [6.45, 7) is 3.95. The first-order chi connectivity index (χ1) is 10.2. The van der Waals surface area contributed by atoms with Crippen molar-refractivity contribution in [1.82, 2.24) is 0 Å². The first-order valence-corrected chi connectivity index (χ1v) is 8.24. The maximum absolute atomic E-state index is 13.2. The topological polar surface area (TPSA) is 106 Å². The molecule has 22 heavy (non-hydrogen) atoms. The summed E-state index contributed by atoms with van der Waals surface area (Å²) >= 11 is 0. The first kappa shape index (κ1) is 14.4. The molecule has 0 bridgehead atoms. The Morgan fingerprint density at radius 3 is 2.68 bits per heavy atom. The number of aliphatic hydroxyl groups excluding tert-OH is 1. The smallest absolute Gasteiger partial charge is 0.143 e. The molecule has 4 aliphatic carbocycles. The van der Waals surface area contributed by atoms with Gasteiger partial charge in [-0.05, 0) is 31.6 Å². The molecule has 0 amide bonds. The van der Waals surface area contributed by atoms with E-state index in [0.29, 0.717) is 18.5 Å².